The number of nitriles is 1. The van der Waals surface area contributed by atoms with Gasteiger partial charge in [0.25, 0.3) is 0 Å². The molecule has 1 aliphatic rings. The zero-order chi connectivity index (χ0) is 13.1. The van der Waals surface area contributed by atoms with Gasteiger partial charge in [0.2, 0.25) is 0 Å². The molecular formula is C15H19FN2. The molecule has 2 rings (SSSR count). The molecular weight excluding hydrogens is 227 g/mol. The first-order valence-electron chi connectivity index (χ1n) is 6.57. The molecule has 0 saturated heterocycles. The van der Waals surface area contributed by atoms with Crippen molar-refractivity contribution in [2.75, 3.05) is 5.32 Å². The first-order chi connectivity index (χ1) is 8.60. The van der Waals surface area contributed by atoms with E-state index in [1.165, 1.54) is 25.0 Å². The van der Waals surface area contributed by atoms with Gasteiger partial charge in [0.1, 0.15) is 5.82 Å². The van der Waals surface area contributed by atoms with E-state index in [1.54, 1.807) is 6.07 Å². The lowest BCUT2D eigenvalue weighted by Gasteiger charge is -2.35. The number of halogens is 1. The maximum absolute atomic E-state index is 13.4. The summed E-state index contributed by atoms with van der Waals surface area (Å²) >= 11 is 0. The molecule has 3 unspecified atom stereocenters. The van der Waals surface area contributed by atoms with E-state index in [9.17, 15) is 4.39 Å². The van der Waals surface area contributed by atoms with Crippen molar-refractivity contribution in [3.05, 3.63) is 29.6 Å². The minimum atomic E-state index is -0.354. The SMILES string of the molecule is CC1CCCC(Nc2cc(F)cc(C#N)c2)C1C. The van der Waals surface area contributed by atoms with Crippen molar-refractivity contribution < 1.29 is 4.39 Å². The quantitative estimate of drug-likeness (QED) is 0.858. The van der Waals surface area contributed by atoms with Crippen LogP contribution in [0, 0.1) is 29.0 Å². The Kier molecular flexibility index (Phi) is 3.86. The molecule has 3 atom stereocenters. The van der Waals surface area contributed by atoms with E-state index >= 15 is 0 Å². The molecule has 0 spiro atoms. The fourth-order valence-electron chi connectivity index (χ4n) is 2.74. The van der Waals surface area contributed by atoms with E-state index in [-0.39, 0.29) is 5.82 Å². The van der Waals surface area contributed by atoms with Gasteiger partial charge in [-0.3, -0.25) is 0 Å². The second-order valence-electron chi connectivity index (χ2n) is 5.36. The monoisotopic (exact) mass is 246 g/mol. The molecule has 1 aliphatic carbocycles. The second kappa shape index (κ2) is 5.39. The molecule has 3 heteroatoms. The Morgan fingerprint density at radius 1 is 1.28 bits per heavy atom. The summed E-state index contributed by atoms with van der Waals surface area (Å²) in [7, 11) is 0. The summed E-state index contributed by atoms with van der Waals surface area (Å²) in [5, 5.41) is 12.2. The molecule has 1 saturated carbocycles. The number of hydrogen-bond donors (Lipinski definition) is 1. The fourth-order valence-corrected chi connectivity index (χ4v) is 2.74. The zero-order valence-electron chi connectivity index (χ0n) is 10.9. The van der Waals surface area contributed by atoms with Gasteiger partial charge in [-0.1, -0.05) is 26.7 Å². The molecule has 1 fully saturated rings. The van der Waals surface area contributed by atoms with Crippen LogP contribution >= 0.6 is 0 Å². The largest absolute Gasteiger partial charge is 0.382 e. The van der Waals surface area contributed by atoms with E-state index in [1.807, 2.05) is 6.07 Å². The molecule has 0 heterocycles. The van der Waals surface area contributed by atoms with Gasteiger partial charge in [-0.05, 0) is 36.5 Å². The average Bonchev–Trinajstić information content (AvgIpc) is 2.34. The summed E-state index contributed by atoms with van der Waals surface area (Å²) in [6.07, 6.45) is 3.60. The molecule has 2 nitrogen and oxygen atoms in total. The number of nitrogens with one attached hydrogen (secondary N) is 1. The minimum absolute atomic E-state index is 0.354. The lowest BCUT2D eigenvalue weighted by Crippen LogP contribution is -2.35. The fraction of sp³-hybridized carbons (Fsp3) is 0.533. The highest BCUT2D eigenvalue weighted by atomic mass is 19.1. The molecule has 1 N–H and O–H groups in total. The second-order valence-corrected chi connectivity index (χ2v) is 5.36. The molecule has 18 heavy (non-hydrogen) atoms. The van der Waals surface area contributed by atoms with E-state index in [0.29, 0.717) is 23.4 Å². The van der Waals surface area contributed by atoms with E-state index in [4.69, 9.17) is 5.26 Å². The van der Waals surface area contributed by atoms with Crippen LogP contribution in [-0.2, 0) is 0 Å². The molecule has 0 bridgehead atoms. The third-order valence-corrected chi connectivity index (χ3v) is 4.09. The summed E-state index contributed by atoms with van der Waals surface area (Å²) in [6, 6.07) is 6.81. The van der Waals surface area contributed by atoms with Gasteiger partial charge in [0, 0.05) is 11.7 Å². The summed E-state index contributed by atoms with van der Waals surface area (Å²) in [5.74, 6) is 0.917. The van der Waals surface area contributed by atoms with Crippen LogP contribution in [0.3, 0.4) is 0 Å². The maximum Gasteiger partial charge on any atom is 0.126 e. The van der Waals surface area contributed by atoms with Crippen LogP contribution in [0.5, 0.6) is 0 Å². The van der Waals surface area contributed by atoms with Gasteiger partial charge in [0.15, 0.2) is 0 Å². The van der Waals surface area contributed by atoms with Crippen molar-refractivity contribution >= 4 is 5.69 Å². The van der Waals surface area contributed by atoms with Crippen LogP contribution in [0.2, 0.25) is 0 Å². The Hall–Kier alpha value is -1.56. The predicted octanol–water partition coefficient (Wildman–Crippen LogP) is 3.93. The molecule has 0 aliphatic heterocycles. The highest BCUT2D eigenvalue weighted by Gasteiger charge is 2.26. The molecule has 0 radical (unpaired) electrons. The smallest absolute Gasteiger partial charge is 0.126 e. The lowest BCUT2D eigenvalue weighted by atomic mass is 9.78. The van der Waals surface area contributed by atoms with Crippen LogP contribution in [0.4, 0.5) is 10.1 Å². The predicted molar refractivity (Wildman–Crippen MR) is 70.7 cm³/mol. The first kappa shape index (κ1) is 12.9. The van der Waals surface area contributed by atoms with Crippen LogP contribution < -0.4 is 5.32 Å². The zero-order valence-corrected chi connectivity index (χ0v) is 10.9. The Balaban J connectivity index is 2.13. The van der Waals surface area contributed by atoms with Gasteiger partial charge in [-0.15, -0.1) is 0 Å². The van der Waals surface area contributed by atoms with Crippen LogP contribution in [-0.4, -0.2) is 6.04 Å². The van der Waals surface area contributed by atoms with Crippen molar-refractivity contribution in [1.29, 1.82) is 5.26 Å². The number of anilines is 1. The number of hydrogen-bond acceptors (Lipinski definition) is 2. The Morgan fingerprint density at radius 3 is 2.78 bits per heavy atom. The van der Waals surface area contributed by atoms with Crippen LogP contribution in [0.15, 0.2) is 18.2 Å². The van der Waals surface area contributed by atoms with Crippen molar-refractivity contribution in [2.45, 2.75) is 39.2 Å². The summed E-state index contributed by atoms with van der Waals surface area (Å²) < 4.78 is 13.4. The molecule has 96 valence electrons. The lowest BCUT2D eigenvalue weighted by molar-refractivity contribution is 0.253. The minimum Gasteiger partial charge on any atom is -0.382 e. The van der Waals surface area contributed by atoms with Crippen molar-refractivity contribution in [2.24, 2.45) is 11.8 Å². The Morgan fingerprint density at radius 2 is 2.06 bits per heavy atom. The van der Waals surface area contributed by atoms with E-state index < -0.39 is 0 Å². The first-order valence-corrected chi connectivity index (χ1v) is 6.57. The third-order valence-electron chi connectivity index (χ3n) is 4.09. The van der Waals surface area contributed by atoms with Crippen LogP contribution in [0.25, 0.3) is 0 Å². The maximum atomic E-state index is 13.4. The Labute approximate surface area is 108 Å². The van der Waals surface area contributed by atoms with Gasteiger partial charge in [-0.25, -0.2) is 4.39 Å². The summed E-state index contributed by atoms with van der Waals surface area (Å²) in [6.45, 7) is 4.51. The van der Waals surface area contributed by atoms with Crippen molar-refractivity contribution in [3.8, 4) is 6.07 Å². The highest BCUT2D eigenvalue weighted by Crippen LogP contribution is 2.31. The topological polar surface area (TPSA) is 35.8 Å². The summed E-state index contributed by atoms with van der Waals surface area (Å²) in [4.78, 5) is 0. The molecule has 0 aromatic heterocycles. The molecule has 1 aromatic carbocycles. The van der Waals surface area contributed by atoms with Gasteiger partial charge < -0.3 is 5.32 Å². The third kappa shape index (κ3) is 2.81. The molecule has 0 amide bonds. The number of rotatable bonds is 2. The van der Waals surface area contributed by atoms with Gasteiger partial charge in [0.05, 0.1) is 11.6 Å². The van der Waals surface area contributed by atoms with E-state index in [2.05, 4.69) is 19.2 Å². The van der Waals surface area contributed by atoms with Gasteiger partial charge >= 0.3 is 0 Å². The number of benzene rings is 1. The van der Waals surface area contributed by atoms with E-state index in [0.717, 1.165) is 12.1 Å². The normalized spacial score (nSPS) is 27.6. The average molecular weight is 246 g/mol. The Bertz CT molecular complexity index is 464. The standard InChI is InChI=1S/C15H19FN2/c1-10-4-3-5-15(11(10)2)18-14-7-12(9-17)6-13(16)8-14/h6-8,10-11,15,18H,3-5H2,1-2H3. The number of nitrogens with zero attached hydrogens (tertiary/aromatic N) is 1. The van der Waals surface area contributed by atoms with Gasteiger partial charge in [-0.2, -0.15) is 5.26 Å². The van der Waals surface area contributed by atoms with Crippen molar-refractivity contribution in [3.63, 3.8) is 0 Å². The highest BCUT2D eigenvalue weighted by molar-refractivity contribution is 5.50. The summed E-state index contributed by atoms with van der Waals surface area (Å²) in [5.41, 5.74) is 1.09. The van der Waals surface area contributed by atoms with Crippen molar-refractivity contribution in [1.82, 2.24) is 0 Å². The van der Waals surface area contributed by atoms with Crippen LogP contribution in [0.1, 0.15) is 38.7 Å². The molecule has 1 aromatic rings.